The molecule has 1 heterocycles. The third kappa shape index (κ3) is 4.63. The molecular formula is C18H15BrN4O. The van der Waals surface area contributed by atoms with Crippen LogP contribution in [0.4, 0.5) is 17.3 Å². The molecule has 120 valence electrons. The molecule has 0 saturated carbocycles. The summed E-state index contributed by atoms with van der Waals surface area (Å²) in [6.45, 7) is 0. The average molecular weight is 383 g/mol. The van der Waals surface area contributed by atoms with Crippen molar-refractivity contribution in [3.63, 3.8) is 0 Å². The number of halogens is 1. The summed E-state index contributed by atoms with van der Waals surface area (Å²) in [6, 6.07) is 20.8. The fourth-order valence-electron chi connectivity index (χ4n) is 2.15. The van der Waals surface area contributed by atoms with Crippen molar-refractivity contribution in [2.24, 2.45) is 0 Å². The number of anilines is 3. The second-order valence-electron chi connectivity index (χ2n) is 5.15. The van der Waals surface area contributed by atoms with Crippen molar-refractivity contribution in [3.8, 4) is 0 Å². The Morgan fingerprint density at radius 3 is 2.38 bits per heavy atom. The van der Waals surface area contributed by atoms with E-state index >= 15 is 0 Å². The van der Waals surface area contributed by atoms with Crippen LogP contribution in [-0.2, 0) is 11.2 Å². The van der Waals surface area contributed by atoms with E-state index in [9.17, 15) is 4.79 Å². The molecule has 6 heteroatoms. The molecule has 0 fully saturated rings. The maximum Gasteiger partial charge on any atom is 0.229 e. The third-order valence-corrected chi connectivity index (χ3v) is 3.73. The summed E-state index contributed by atoms with van der Waals surface area (Å²) in [7, 11) is 0. The van der Waals surface area contributed by atoms with Crippen molar-refractivity contribution in [2.45, 2.75) is 6.42 Å². The van der Waals surface area contributed by atoms with Gasteiger partial charge in [-0.3, -0.25) is 4.79 Å². The lowest BCUT2D eigenvalue weighted by atomic mass is 10.1. The minimum atomic E-state index is -0.133. The number of carbonyl (C=O) groups excluding carboxylic acids is 1. The Morgan fingerprint density at radius 1 is 0.917 bits per heavy atom. The lowest BCUT2D eigenvalue weighted by molar-refractivity contribution is -0.115. The van der Waals surface area contributed by atoms with Gasteiger partial charge in [-0.1, -0.05) is 46.3 Å². The highest BCUT2D eigenvalue weighted by molar-refractivity contribution is 9.10. The van der Waals surface area contributed by atoms with Gasteiger partial charge in [-0.05, 0) is 42.0 Å². The zero-order valence-electron chi connectivity index (χ0n) is 12.7. The van der Waals surface area contributed by atoms with E-state index in [-0.39, 0.29) is 12.3 Å². The molecule has 0 aliphatic carbocycles. The topological polar surface area (TPSA) is 66.9 Å². The van der Waals surface area contributed by atoms with Crippen molar-refractivity contribution in [3.05, 3.63) is 76.8 Å². The lowest BCUT2D eigenvalue weighted by Gasteiger charge is -2.07. The van der Waals surface area contributed by atoms with Gasteiger partial charge >= 0.3 is 0 Å². The number of amides is 1. The molecular weight excluding hydrogens is 368 g/mol. The summed E-state index contributed by atoms with van der Waals surface area (Å²) >= 11 is 3.39. The van der Waals surface area contributed by atoms with Gasteiger partial charge in [-0.15, -0.1) is 10.2 Å². The molecule has 3 aromatic rings. The molecule has 3 rings (SSSR count). The number of rotatable bonds is 5. The van der Waals surface area contributed by atoms with Crippen LogP contribution in [-0.4, -0.2) is 16.1 Å². The highest BCUT2D eigenvalue weighted by atomic mass is 79.9. The van der Waals surface area contributed by atoms with E-state index in [4.69, 9.17) is 0 Å². The van der Waals surface area contributed by atoms with Gasteiger partial charge < -0.3 is 10.6 Å². The minimum Gasteiger partial charge on any atom is -0.339 e. The molecule has 1 aromatic heterocycles. The summed E-state index contributed by atoms with van der Waals surface area (Å²) in [5.74, 6) is 0.908. The quantitative estimate of drug-likeness (QED) is 0.694. The maximum atomic E-state index is 12.1. The number of nitrogens with one attached hydrogen (secondary N) is 2. The SMILES string of the molecule is O=C(Cc1cccc(Br)c1)Nc1ccc(Nc2ccccc2)nn1. The van der Waals surface area contributed by atoms with Gasteiger partial charge in [0.15, 0.2) is 11.6 Å². The lowest BCUT2D eigenvalue weighted by Crippen LogP contribution is -2.15. The number of hydrogen-bond acceptors (Lipinski definition) is 4. The normalized spacial score (nSPS) is 10.2. The monoisotopic (exact) mass is 382 g/mol. The molecule has 0 aliphatic rings. The fourth-order valence-corrected chi connectivity index (χ4v) is 2.60. The van der Waals surface area contributed by atoms with E-state index in [0.29, 0.717) is 11.6 Å². The van der Waals surface area contributed by atoms with Crippen LogP contribution >= 0.6 is 15.9 Å². The standard InChI is InChI=1S/C18H15BrN4O/c19-14-6-4-5-13(11-14)12-18(24)21-17-10-9-16(22-23-17)20-15-7-2-1-3-8-15/h1-11H,12H2,(H,20,22)(H,21,23,24). The Labute approximate surface area is 148 Å². The Hall–Kier alpha value is -2.73. The zero-order chi connectivity index (χ0) is 16.8. The molecule has 0 unspecified atom stereocenters. The summed E-state index contributed by atoms with van der Waals surface area (Å²) in [5, 5.41) is 14.0. The van der Waals surface area contributed by atoms with E-state index in [2.05, 4.69) is 36.8 Å². The van der Waals surface area contributed by atoms with E-state index in [1.807, 2.05) is 54.6 Å². The first-order chi connectivity index (χ1) is 11.7. The predicted octanol–water partition coefficient (Wildman–Crippen LogP) is 4.16. The summed E-state index contributed by atoms with van der Waals surface area (Å²) in [4.78, 5) is 12.1. The van der Waals surface area contributed by atoms with Crippen molar-refractivity contribution in [1.82, 2.24) is 10.2 Å². The second-order valence-corrected chi connectivity index (χ2v) is 6.07. The first-order valence-corrected chi connectivity index (χ1v) is 8.18. The summed E-state index contributed by atoms with van der Waals surface area (Å²) in [6.07, 6.45) is 0.283. The molecule has 0 spiro atoms. The molecule has 5 nitrogen and oxygen atoms in total. The smallest absolute Gasteiger partial charge is 0.229 e. The van der Waals surface area contributed by atoms with E-state index < -0.39 is 0 Å². The molecule has 24 heavy (non-hydrogen) atoms. The largest absolute Gasteiger partial charge is 0.339 e. The Bertz CT molecular complexity index is 822. The number of para-hydroxylation sites is 1. The fraction of sp³-hybridized carbons (Fsp3) is 0.0556. The van der Waals surface area contributed by atoms with Gasteiger partial charge in [0.1, 0.15) is 0 Å². The first kappa shape index (κ1) is 16.1. The molecule has 2 N–H and O–H groups in total. The molecule has 2 aromatic carbocycles. The first-order valence-electron chi connectivity index (χ1n) is 7.39. The highest BCUT2D eigenvalue weighted by Gasteiger charge is 2.06. The minimum absolute atomic E-state index is 0.133. The average Bonchev–Trinajstić information content (AvgIpc) is 2.57. The van der Waals surface area contributed by atoms with Crippen LogP contribution in [0.1, 0.15) is 5.56 Å². The number of hydrogen-bond donors (Lipinski definition) is 2. The van der Waals surface area contributed by atoms with Gasteiger partial charge in [0.05, 0.1) is 6.42 Å². The molecule has 0 saturated heterocycles. The Morgan fingerprint density at radius 2 is 1.67 bits per heavy atom. The van der Waals surface area contributed by atoms with Gasteiger partial charge in [0.2, 0.25) is 5.91 Å². The van der Waals surface area contributed by atoms with E-state index in [1.54, 1.807) is 12.1 Å². The van der Waals surface area contributed by atoms with Crippen LogP contribution in [0.25, 0.3) is 0 Å². The van der Waals surface area contributed by atoms with Crippen LogP contribution in [0, 0.1) is 0 Å². The van der Waals surface area contributed by atoms with Gasteiger partial charge in [0.25, 0.3) is 0 Å². The van der Waals surface area contributed by atoms with Gasteiger partial charge in [-0.2, -0.15) is 0 Å². The highest BCUT2D eigenvalue weighted by Crippen LogP contribution is 2.15. The van der Waals surface area contributed by atoms with E-state index in [1.165, 1.54) is 0 Å². The van der Waals surface area contributed by atoms with E-state index in [0.717, 1.165) is 15.7 Å². The van der Waals surface area contributed by atoms with Crippen LogP contribution in [0.2, 0.25) is 0 Å². The van der Waals surface area contributed by atoms with Crippen LogP contribution in [0.15, 0.2) is 71.2 Å². The van der Waals surface area contributed by atoms with Gasteiger partial charge in [-0.25, -0.2) is 0 Å². The third-order valence-electron chi connectivity index (χ3n) is 3.23. The zero-order valence-corrected chi connectivity index (χ0v) is 14.3. The van der Waals surface area contributed by atoms with Crippen molar-refractivity contribution < 1.29 is 4.79 Å². The predicted molar refractivity (Wildman–Crippen MR) is 98.2 cm³/mol. The van der Waals surface area contributed by atoms with Crippen molar-refractivity contribution in [1.29, 1.82) is 0 Å². The molecule has 0 atom stereocenters. The Balaban J connectivity index is 1.58. The molecule has 0 aliphatic heterocycles. The summed E-state index contributed by atoms with van der Waals surface area (Å²) < 4.78 is 0.948. The molecule has 0 bridgehead atoms. The number of benzene rings is 2. The molecule has 0 radical (unpaired) electrons. The molecule has 1 amide bonds. The maximum absolute atomic E-state index is 12.1. The Kier molecular flexibility index (Phi) is 5.18. The van der Waals surface area contributed by atoms with Gasteiger partial charge in [0, 0.05) is 10.2 Å². The summed E-state index contributed by atoms with van der Waals surface area (Å²) in [5.41, 5.74) is 1.86. The van der Waals surface area contributed by atoms with Crippen molar-refractivity contribution in [2.75, 3.05) is 10.6 Å². The van der Waals surface area contributed by atoms with Crippen LogP contribution in [0.3, 0.4) is 0 Å². The van der Waals surface area contributed by atoms with Crippen LogP contribution < -0.4 is 10.6 Å². The van der Waals surface area contributed by atoms with Crippen LogP contribution in [0.5, 0.6) is 0 Å². The number of carbonyl (C=O) groups is 1. The number of nitrogens with zero attached hydrogens (tertiary/aromatic N) is 2. The number of aromatic nitrogens is 2. The van der Waals surface area contributed by atoms with Crippen molar-refractivity contribution >= 4 is 39.2 Å². The second kappa shape index (κ2) is 7.70.